The normalized spacial score (nSPS) is 14.3. The summed E-state index contributed by atoms with van der Waals surface area (Å²) in [5.41, 5.74) is 1.26. The van der Waals surface area contributed by atoms with Crippen LogP contribution in [-0.2, 0) is 11.2 Å². The van der Waals surface area contributed by atoms with Gasteiger partial charge < -0.3 is 15.7 Å². The Morgan fingerprint density at radius 2 is 2.00 bits per heavy atom. The third kappa shape index (κ3) is 4.13. The number of carbonyl (C=O) groups is 2. The first kappa shape index (κ1) is 13.1. The number of aliphatic carboxylic acids is 1. The molecule has 0 saturated heterocycles. The molecule has 3 N–H and O–H groups in total. The molecule has 1 aromatic carbocycles. The van der Waals surface area contributed by atoms with Crippen LogP contribution in [0.4, 0.5) is 10.5 Å². The fourth-order valence-corrected chi connectivity index (χ4v) is 2.02. The lowest BCUT2D eigenvalue weighted by molar-refractivity contribution is -0.136. The lowest BCUT2D eigenvalue weighted by Crippen LogP contribution is -2.36. The Bertz CT molecular complexity index is 503. The van der Waals surface area contributed by atoms with Crippen LogP contribution >= 0.6 is 0 Å². The fourth-order valence-electron chi connectivity index (χ4n) is 2.02. The van der Waals surface area contributed by atoms with Crippen LogP contribution < -0.4 is 10.6 Å². The van der Waals surface area contributed by atoms with Gasteiger partial charge in [0.1, 0.15) is 0 Å². The number of nitrogens with one attached hydrogen (secondary N) is 2. The number of urea groups is 1. The van der Waals surface area contributed by atoms with Crippen molar-refractivity contribution in [3.63, 3.8) is 0 Å². The standard InChI is InChI=1S/C14H16N2O3/c17-13(18)9-10-4-3-7-12(8-10)16-14(19)15-11-5-1-2-6-11/h1-4,7-8,11H,5-6,9H2,(H,17,18)(H2,15,16,19). The predicted molar refractivity (Wildman–Crippen MR) is 72.1 cm³/mol. The first-order valence-electron chi connectivity index (χ1n) is 6.17. The predicted octanol–water partition coefficient (Wildman–Crippen LogP) is 2.15. The molecule has 0 unspecified atom stereocenters. The van der Waals surface area contributed by atoms with E-state index in [1.807, 2.05) is 12.2 Å². The zero-order chi connectivity index (χ0) is 13.7. The van der Waals surface area contributed by atoms with E-state index in [4.69, 9.17) is 5.11 Å². The summed E-state index contributed by atoms with van der Waals surface area (Å²) in [6.07, 6.45) is 5.74. The highest BCUT2D eigenvalue weighted by Crippen LogP contribution is 2.12. The van der Waals surface area contributed by atoms with Crippen molar-refractivity contribution in [1.82, 2.24) is 5.32 Å². The molecule has 0 bridgehead atoms. The number of hydrogen-bond donors (Lipinski definition) is 3. The van der Waals surface area contributed by atoms with Crippen molar-refractivity contribution in [2.45, 2.75) is 25.3 Å². The molecule has 1 aliphatic carbocycles. The Morgan fingerprint density at radius 1 is 1.26 bits per heavy atom. The van der Waals surface area contributed by atoms with Crippen molar-refractivity contribution in [3.05, 3.63) is 42.0 Å². The number of benzene rings is 1. The zero-order valence-electron chi connectivity index (χ0n) is 10.4. The van der Waals surface area contributed by atoms with E-state index >= 15 is 0 Å². The number of hydrogen-bond acceptors (Lipinski definition) is 2. The molecule has 0 atom stereocenters. The van der Waals surface area contributed by atoms with Gasteiger partial charge in [0.15, 0.2) is 0 Å². The second-order valence-electron chi connectivity index (χ2n) is 4.51. The van der Waals surface area contributed by atoms with Crippen LogP contribution in [0, 0.1) is 0 Å². The summed E-state index contributed by atoms with van der Waals surface area (Å²) in [4.78, 5) is 22.4. The summed E-state index contributed by atoms with van der Waals surface area (Å²) < 4.78 is 0. The van der Waals surface area contributed by atoms with E-state index in [0.29, 0.717) is 11.3 Å². The second kappa shape index (κ2) is 6.04. The van der Waals surface area contributed by atoms with Crippen LogP contribution in [0.5, 0.6) is 0 Å². The zero-order valence-corrected chi connectivity index (χ0v) is 10.4. The molecule has 1 aliphatic rings. The van der Waals surface area contributed by atoms with Crippen molar-refractivity contribution in [2.75, 3.05) is 5.32 Å². The first-order valence-corrected chi connectivity index (χ1v) is 6.17. The molecule has 5 nitrogen and oxygen atoms in total. The molecule has 0 aromatic heterocycles. The molecule has 0 heterocycles. The highest BCUT2D eigenvalue weighted by molar-refractivity contribution is 5.89. The SMILES string of the molecule is O=C(O)Cc1cccc(NC(=O)NC2CC=CC2)c1. The van der Waals surface area contributed by atoms with Crippen LogP contribution in [-0.4, -0.2) is 23.1 Å². The van der Waals surface area contributed by atoms with Gasteiger partial charge in [0.05, 0.1) is 6.42 Å². The number of rotatable bonds is 4. The van der Waals surface area contributed by atoms with E-state index in [9.17, 15) is 9.59 Å². The summed E-state index contributed by atoms with van der Waals surface area (Å²) in [5.74, 6) is -0.890. The maximum Gasteiger partial charge on any atom is 0.319 e. The summed E-state index contributed by atoms with van der Waals surface area (Å²) in [6.45, 7) is 0. The Balaban J connectivity index is 1.90. The topological polar surface area (TPSA) is 78.4 Å². The average Bonchev–Trinajstić information content (AvgIpc) is 2.81. The van der Waals surface area contributed by atoms with Crippen molar-refractivity contribution in [2.24, 2.45) is 0 Å². The molecule has 0 fully saturated rings. The van der Waals surface area contributed by atoms with Crippen molar-refractivity contribution < 1.29 is 14.7 Å². The summed E-state index contributed by atoms with van der Waals surface area (Å²) in [7, 11) is 0. The van der Waals surface area contributed by atoms with Gasteiger partial charge in [-0.3, -0.25) is 4.79 Å². The third-order valence-corrected chi connectivity index (χ3v) is 2.88. The number of carboxylic acid groups (broad SMARTS) is 1. The molecule has 0 radical (unpaired) electrons. The van der Waals surface area contributed by atoms with Crippen LogP contribution in [0.1, 0.15) is 18.4 Å². The molecular formula is C14H16N2O3. The molecule has 5 heteroatoms. The smallest absolute Gasteiger partial charge is 0.319 e. The van der Waals surface area contributed by atoms with Gasteiger partial charge in [-0.25, -0.2) is 4.79 Å². The van der Waals surface area contributed by atoms with Gasteiger partial charge in [-0.05, 0) is 30.5 Å². The maximum atomic E-state index is 11.7. The van der Waals surface area contributed by atoms with Crippen LogP contribution in [0.15, 0.2) is 36.4 Å². The molecule has 1 aromatic rings. The monoisotopic (exact) mass is 260 g/mol. The minimum atomic E-state index is -0.890. The first-order chi connectivity index (χ1) is 9.13. The van der Waals surface area contributed by atoms with Crippen LogP contribution in [0.3, 0.4) is 0 Å². The molecule has 2 amide bonds. The highest BCUT2D eigenvalue weighted by atomic mass is 16.4. The minimum absolute atomic E-state index is 0.0519. The lowest BCUT2D eigenvalue weighted by Gasteiger charge is -2.13. The number of carbonyl (C=O) groups excluding carboxylic acids is 1. The molecular weight excluding hydrogens is 244 g/mol. The van der Waals surface area contributed by atoms with E-state index in [-0.39, 0.29) is 18.5 Å². The highest BCUT2D eigenvalue weighted by Gasteiger charge is 2.13. The van der Waals surface area contributed by atoms with Gasteiger partial charge in [-0.15, -0.1) is 0 Å². The van der Waals surface area contributed by atoms with Gasteiger partial charge in [-0.2, -0.15) is 0 Å². The molecule has 19 heavy (non-hydrogen) atoms. The largest absolute Gasteiger partial charge is 0.481 e. The Morgan fingerprint density at radius 3 is 2.68 bits per heavy atom. The Labute approximate surface area is 111 Å². The van der Waals surface area contributed by atoms with Gasteiger partial charge in [-0.1, -0.05) is 24.3 Å². The van der Waals surface area contributed by atoms with E-state index in [1.54, 1.807) is 24.3 Å². The van der Waals surface area contributed by atoms with Gasteiger partial charge in [0.2, 0.25) is 0 Å². The number of anilines is 1. The van der Waals surface area contributed by atoms with Crippen molar-refractivity contribution >= 4 is 17.7 Å². The van der Waals surface area contributed by atoms with Gasteiger partial charge >= 0.3 is 12.0 Å². The lowest BCUT2D eigenvalue weighted by atomic mass is 10.1. The van der Waals surface area contributed by atoms with Crippen molar-refractivity contribution in [1.29, 1.82) is 0 Å². The molecule has 2 rings (SSSR count). The van der Waals surface area contributed by atoms with E-state index in [2.05, 4.69) is 10.6 Å². The number of carboxylic acids is 1. The maximum absolute atomic E-state index is 11.7. The molecule has 0 spiro atoms. The van der Waals surface area contributed by atoms with E-state index in [0.717, 1.165) is 12.8 Å². The van der Waals surface area contributed by atoms with Crippen molar-refractivity contribution in [3.8, 4) is 0 Å². The van der Waals surface area contributed by atoms with Gasteiger partial charge in [0, 0.05) is 11.7 Å². The number of amides is 2. The quantitative estimate of drug-likeness (QED) is 0.726. The van der Waals surface area contributed by atoms with Gasteiger partial charge in [0.25, 0.3) is 0 Å². The molecule has 100 valence electrons. The van der Waals surface area contributed by atoms with E-state index in [1.165, 1.54) is 0 Å². The third-order valence-electron chi connectivity index (χ3n) is 2.88. The van der Waals surface area contributed by atoms with E-state index < -0.39 is 5.97 Å². The second-order valence-corrected chi connectivity index (χ2v) is 4.51. The molecule has 0 saturated carbocycles. The Kier molecular flexibility index (Phi) is 4.18. The Hall–Kier alpha value is -2.30. The molecule has 0 aliphatic heterocycles. The minimum Gasteiger partial charge on any atom is -0.481 e. The summed E-state index contributed by atoms with van der Waals surface area (Å²) in [5, 5.41) is 14.3. The summed E-state index contributed by atoms with van der Waals surface area (Å²) in [6, 6.07) is 6.74. The fraction of sp³-hybridized carbons (Fsp3) is 0.286. The van der Waals surface area contributed by atoms with Crippen LogP contribution in [0.2, 0.25) is 0 Å². The van der Waals surface area contributed by atoms with Crippen LogP contribution in [0.25, 0.3) is 0 Å². The summed E-state index contributed by atoms with van der Waals surface area (Å²) >= 11 is 0. The average molecular weight is 260 g/mol.